The molecule has 2 aromatic carbocycles. The number of aromatic nitrogens is 2. The first-order chi connectivity index (χ1) is 20.6. The van der Waals surface area contributed by atoms with Gasteiger partial charge in [-0.2, -0.15) is 4.98 Å². The van der Waals surface area contributed by atoms with Crippen LogP contribution in [0.5, 0.6) is 5.75 Å². The molecule has 0 atom stereocenters. The summed E-state index contributed by atoms with van der Waals surface area (Å²) in [4.78, 5) is 28.2. The number of carbonyl (C=O) groups is 1. The molecule has 5 rings (SSSR count). The highest BCUT2D eigenvalue weighted by atomic mass is 35.5. The first-order valence-corrected chi connectivity index (χ1v) is 15.4. The maximum absolute atomic E-state index is 11.7. The minimum absolute atomic E-state index is 0.261. The lowest BCUT2D eigenvalue weighted by atomic mass is 10.0. The lowest BCUT2D eigenvalue weighted by molar-refractivity contribution is -0.114. The second kappa shape index (κ2) is 13.7. The molecule has 10 nitrogen and oxygen atoms in total. The van der Waals surface area contributed by atoms with Gasteiger partial charge in [-0.3, -0.25) is 9.69 Å². The van der Waals surface area contributed by atoms with Gasteiger partial charge >= 0.3 is 0 Å². The third-order valence-electron chi connectivity index (χ3n) is 7.99. The predicted molar refractivity (Wildman–Crippen MR) is 176 cm³/mol. The summed E-state index contributed by atoms with van der Waals surface area (Å²) in [5, 5.41) is 10.0. The highest BCUT2D eigenvalue weighted by Gasteiger charge is 2.28. The molecule has 0 aliphatic carbocycles. The average molecular weight is 648 g/mol. The number of ether oxygens (including phenoxy) is 1. The van der Waals surface area contributed by atoms with Crippen molar-refractivity contribution in [1.82, 2.24) is 19.8 Å². The molecule has 43 heavy (non-hydrogen) atoms. The number of halogens is 3. The number of piperazine rings is 1. The van der Waals surface area contributed by atoms with Crippen molar-refractivity contribution in [1.29, 1.82) is 0 Å². The first-order valence-electron chi connectivity index (χ1n) is 14.3. The van der Waals surface area contributed by atoms with Crippen LogP contribution in [0.25, 0.3) is 0 Å². The monoisotopic (exact) mass is 646 g/mol. The van der Waals surface area contributed by atoms with Crippen LogP contribution in [0.1, 0.15) is 25.3 Å². The van der Waals surface area contributed by atoms with Gasteiger partial charge in [-0.25, -0.2) is 4.98 Å². The van der Waals surface area contributed by atoms with Crippen molar-refractivity contribution in [3.63, 3.8) is 0 Å². The van der Waals surface area contributed by atoms with Crippen LogP contribution in [0.15, 0.2) is 30.5 Å². The fourth-order valence-corrected chi connectivity index (χ4v) is 6.12. The van der Waals surface area contributed by atoms with Crippen LogP contribution in [0.2, 0.25) is 15.1 Å². The van der Waals surface area contributed by atoms with Gasteiger partial charge in [0.1, 0.15) is 10.8 Å². The molecule has 230 valence electrons. The van der Waals surface area contributed by atoms with E-state index >= 15 is 0 Å². The van der Waals surface area contributed by atoms with Crippen LogP contribution in [0.4, 0.5) is 34.5 Å². The number of carbonyl (C=O) groups excluding carboxylic acids is 1. The number of aryl methyl sites for hydroxylation is 1. The Morgan fingerprint density at radius 1 is 0.907 bits per heavy atom. The highest BCUT2D eigenvalue weighted by Crippen LogP contribution is 2.38. The number of likely N-dealkylation sites (N-methyl/N-ethyl adjacent to an activating group) is 1. The van der Waals surface area contributed by atoms with Crippen LogP contribution >= 0.6 is 34.8 Å². The van der Waals surface area contributed by atoms with E-state index in [1.165, 1.54) is 18.8 Å². The molecule has 2 fully saturated rings. The van der Waals surface area contributed by atoms with Crippen molar-refractivity contribution >= 4 is 75.2 Å². The molecule has 0 radical (unpaired) electrons. The molecule has 13 heteroatoms. The highest BCUT2D eigenvalue weighted by molar-refractivity contribution is 6.42. The van der Waals surface area contributed by atoms with E-state index in [9.17, 15) is 4.79 Å². The number of amides is 1. The van der Waals surface area contributed by atoms with Crippen molar-refractivity contribution in [2.24, 2.45) is 0 Å². The minimum atomic E-state index is -0.261. The Morgan fingerprint density at radius 3 is 2.23 bits per heavy atom. The summed E-state index contributed by atoms with van der Waals surface area (Å²) in [6.45, 7) is 10.1. The normalized spacial score (nSPS) is 16.7. The zero-order chi connectivity index (χ0) is 30.7. The summed E-state index contributed by atoms with van der Waals surface area (Å²) >= 11 is 18.9. The van der Waals surface area contributed by atoms with Gasteiger partial charge < -0.3 is 30.5 Å². The number of hydrogen-bond donors (Lipinski definition) is 3. The van der Waals surface area contributed by atoms with E-state index in [4.69, 9.17) is 39.5 Å². The Morgan fingerprint density at radius 2 is 1.58 bits per heavy atom. The average Bonchev–Trinajstić information content (AvgIpc) is 2.98. The number of rotatable bonds is 8. The fraction of sp³-hybridized carbons (Fsp3) is 0.433. The predicted octanol–water partition coefficient (Wildman–Crippen LogP) is 6.42. The molecule has 3 heterocycles. The quantitative estimate of drug-likeness (QED) is 0.256. The van der Waals surface area contributed by atoms with Gasteiger partial charge in [0.2, 0.25) is 11.9 Å². The number of hydrogen-bond acceptors (Lipinski definition) is 9. The van der Waals surface area contributed by atoms with Gasteiger partial charge in [0.25, 0.3) is 0 Å². The molecule has 3 N–H and O–H groups in total. The van der Waals surface area contributed by atoms with Crippen molar-refractivity contribution in [3.05, 3.63) is 51.1 Å². The summed E-state index contributed by atoms with van der Waals surface area (Å²) in [5.74, 6) is 1.06. The van der Waals surface area contributed by atoms with Crippen LogP contribution in [0.3, 0.4) is 0 Å². The Bertz CT molecular complexity index is 1470. The van der Waals surface area contributed by atoms with Crippen LogP contribution in [0, 0.1) is 6.92 Å². The number of methoxy groups -OCH3 is 1. The standard InChI is InChI=1S/C30H37Cl3N8O2/c1-18-13-26(28(43-4)16-27(18)41-7-5-20(6-8-41)40-11-9-39(3)10-12-40)37-30-34-17-23(33)29(38-30)36-25-15-22(32)21(31)14-24(25)35-19(2)42/h13-17,20H,5-12H2,1-4H3,(H,35,42)(H2,34,36,37,38). The minimum Gasteiger partial charge on any atom is -0.494 e. The van der Waals surface area contributed by atoms with Crippen molar-refractivity contribution in [2.75, 3.05) is 74.3 Å². The molecule has 2 aliphatic rings. The number of nitrogens with zero attached hydrogens (tertiary/aromatic N) is 5. The van der Waals surface area contributed by atoms with E-state index in [1.54, 1.807) is 19.2 Å². The Hall–Kier alpha value is -3.02. The van der Waals surface area contributed by atoms with Crippen molar-refractivity contribution in [3.8, 4) is 5.75 Å². The third-order valence-corrected chi connectivity index (χ3v) is 8.99. The topological polar surface area (TPSA) is 97.9 Å². The first kappa shape index (κ1) is 31.4. The summed E-state index contributed by atoms with van der Waals surface area (Å²) < 4.78 is 5.79. The number of benzene rings is 2. The second-order valence-electron chi connectivity index (χ2n) is 11.0. The van der Waals surface area contributed by atoms with Gasteiger partial charge in [-0.05, 0) is 50.6 Å². The summed E-state index contributed by atoms with van der Waals surface area (Å²) in [6, 6.07) is 7.94. The van der Waals surface area contributed by atoms with Gasteiger partial charge in [0.15, 0.2) is 5.82 Å². The van der Waals surface area contributed by atoms with E-state index in [0.29, 0.717) is 45.0 Å². The molecule has 1 amide bonds. The van der Waals surface area contributed by atoms with Crippen LogP contribution < -0.4 is 25.6 Å². The molecule has 3 aromatic rings. The molecule has 2 aliphatic heterocycles. The SMILES string of the molecule is COc1cc(N2CCC(N3CCN(C)CC3)CC2)c(C)cc1Nc1ncc(Cl)c(Nc2cc(Cl)c(Cl)cc2NC(C)=O)n1. The molecular formula is C30H37Cl3N8O2. The fourth-order valence-electron chi connectivity index (χ4n) is 5.65. The van der Waals surface area contributed by atoms with E-state index in [2.05, 4.69) is 66.7 Å². The largest absolute Gasteiger partial charge is 0.494 e. The van der Waals surface area contributed by atoms with Gasteiger partial charge in [-0.15, -0.1) is 0 Å². The zero-order valence-corrected chi connectivity index (χ0v) is 27.1. The maximum Gasteiger partial charge on any atom is 0.229 e. The molecular weight excluding hydrogens is 611 g/mol. The van der Waals surface area contributed by atoms with Crippen molar-refractivity contribution < 1.29 is 9.53 Å². The van der Waals surface area contributed by atoms with E-state index < -0.39 is 0 Å². The number of anilines is 6. The smallest absolute Gasteiger partial charge is 0.229 e. The Kier molecular flexibility index (Phi) is 10.0. The molecule has 0 saturated carbocycles. The van der Waals surface area contributed by atoms with Crippen LogP contribution in [-0.4, -0.2) is 85.1 Å². The maximum atomic E-state index is 11.7. The van der Waals surface area contributed by atoms with Crippen LogP contribution in [-0.2, 0) is 4.79 Å². The van der Waals surface area contributed by atoms with Gasteiger partial charge in [-0.1, -0.05) is 34.8 Å². The number of nitrogens with one attached hydrogen (secondary N) is 3. The summed E-state index contributed by atoms with van der Waals surface area (Å²) in [5.41, 5.74) is 3.95. The summed E-state index contributed by atoms with van der Waals surface area (Å²) in [7, 11) is 3.86. The Balaban J connectivity index is 1.31. The van der Waals surface area contributed by atoms with Gasteiger partial charge in [0.05, 0.1) is 40.4 Å². The second-order valence-corrected chi connectivity index (χ2v) is 12.3. The van der Waals surface area contributed by atoms with Crippen molar-refractivity contribution in [2.45, 2.75) is 32.7 Å². The third kappa shape index (κ3) is 7.56. The molecule has 0 bridgehead atoms. The molecule has 0 spiro atoms. The Labute approximate surface area is 267 Å². The van der Waals surface area contributed by atoms with E-state index in [1.807, 2.05) is 0 Å². The van der Waals surface area contributed by atoms with E-state index in [-0.39, 0.29) is 10.9 Å². The molecule has 2 saturated heterocycles. The lowest BCUT2D eigenvalue weighted by Crippen LogP contribution is -2.52. The molecule has 0 unspecified atom stereocenters. The number of piperidine rings is 1. The van der Waals surface area contributed by atoms with E-state index in [0.717, 1.165) is 63.4 Å². The van der Waals surface area contributed by atoms with Gasteiger partial charge in [0, 0.05) is 64.0 Å². The lowest BCUT2D eigenvalue weighted by Gasteiger charge is -2.43. The molecule has 1 aromatic heterocycles. The summed E-state index contributed by atoms with van der Waals surface area (Å²) in [6.07, 6.45) is 3.80. The zero-order valence-electron chi connectivity index (χ0n) is 24.8.